The maximum atomic E-state index is 10.5. The van der Waals surface area contributed by atoms with Crippen LogP contribution in [0.5, 0.6) is 0 Å². The molecule has 2 heteroatoms. The Morgan fingerprint density at radius 3 is 2.23 bits per heavy atom. The van der Waals surface area contributed by atoms with E-state index >= 15 is 0 Å². The van der Waals surface area contributed by atoms with Crippen molar-refractivity contribution in [2.75, 3.05) is 0 Å². The third kappa shape index (κ3) is 3.31. The number of aryl methyl sites for hydroxylation is 1. The SMILES string of the molecule is CC.Cc1cc(Br)cc(C=O)c1C. The van der Waals surface area contributed by atoms with E-state index in [1.165, 1.54) is 0 Å². The van der Waals surface area contributed by atoms with Crippen molar-refractivity contribution >= 4 is 22.2 Å². The molecule has 0 saturated heterocycles. The molecule has 1 nitrogen and oxygen atoms in total. The number of carbonyl (C=O) groups is 1. The molecule has 1 rings (SSSR count). The van der Waals surface area contributed by atoms with Gasteiger partial charge in [-0.05, 0) is 37.1 Å². The first-order valence-electron chi connectivity index (χ1n) is 4.37. The van der Waals surface area contributed by atoms with Gasteiger partial charge in [0.25, 0.3) is 0 Å². The van der Waals surface area contributed by atoms with E-state index in [4.69, 9.17) is 0 Å². The third-order valence-electron chi connectivity index (χ3n) is 1.80. The lowest BCUT2D eigenvalue weighted by atomic mass is 10.1. The van der Waals surface area contributed by atoms with Gasteiger partial charge in [0.1, 0.15) is 6.29 Å². The monoisotopic (exact) mass is 242 g/mol. The van der Waals surface area contributed by atoms with Gasteiger partial charge in [-0.25, -0.2) is 0 Å². The van der Waals surface area contributed by atoms with E-state index in [9.17, 15) is 4.79 Å². The molecule has 0 N–H and O–H groups in total. The highest BCUT2D eigenvalue weighted by atomic mass is 79.9. The second-order valence-corrected chi connectivity index (χ2v) is 3.47. The van der Waals surface area contributed by atoms with E-state index in [1.807, 2.05) is 39.8 Å². The molecule has 1 aromatic carbocycles. The van der Waals surface area contributed by atoms with E-state index in [0.29, 0.717) is 0 Å². The molecular weight excluding hydrogens is 228 g/mol. The Hall–Kier alpha value is -0.630. The van der Waals surface area contributed by atoms with E-state index < -0.39 is 0 Å². The third-order valence-corrected chi connectivity index (χ3v) is 2.26. The van der Waals surface area contributed by atoms with Crippen LogP contribution in [-0.4, -0.2) is 6.29 Å². The molecule has 0 aliphatic heterocycles. The van der Waals surface area contributed by atoms with Crippen molar-refractivity contribution in [3.05, 3.63) is 33.3 Å². The van der Waals surface area contributed by atoms with Crippen molar-refractivity contribution in [2.45, 2.75) is 27.7 Å². The van der Waals surface area contributed by atoms with Gasteiger partial charge < -0.3 is 0 Å². The molecule has 0 aliphatic carbocycles. The molecule has 0 radical (unpaired) electrons. The summed E-state index contributed by atoms with van der Waals surface area (Å²) < 4.78 is 0.961. The summed E-state index contributed by atoms with van der Waals surface area (Å²) in [6.45, 7) is 7.94. The number of hydrogen-bond acceptors (Lipinski definition) is 1. The van der Waals surface area contributed by atoms with E-state index in [2.05, 4.69) is 15.9 Å². The van der Waals surface area contributed by atoms with Crippen molar-refractivity contribution < 1.29 is 4.79 Å². The quantitative estimate of drug-likeness (QED) is 0.683. The predicted octanol–water partition coefficient (Wildman–Crippen LogP) is 3.90. The number of hydrogen-bond donors (Lipinski definition) is 0. The van der Waals surface area contributed by atoms with Crippen LogP contribution in [0.1, 0.15) is 35.3 Å². The molecule has 0 heterocycles. The summed E-state index contributed by atoms with van der Waals surface area (Å²) in [7, 11) is 0. The van der Waals surface area contributed by atoms with Crippen LogP contribution in [0.4, 0.5) is 0 Å². The minimum Gasteiger partial charge on any atom is -0.298 e. The summed E-state index contributed by atoms with van der Waals surface area (Å²) in [5.41, 5.74) is 2.96. The van der Waals surface area contributed by atoms with Crippen LogP contribution >= 0.6 is 15.9 Å². The van der Waals surface area contributed by atoms with Gasteiger partial charge in [0.05, 0.1) is 0 Å². The fourth-order valence-electron chi connectivity index (χ4n) is 0.964. The van der Waals surface area contributed by atoms with Gasteiger partial charge in [-0.3, -0.25) is 4.79 Å². The lowest BCUT2D eigenvalue weighted by molar-refractivity contribution is 0.112. The van der Waals surface area contributed by atoms with Gasteiger partial charge in [-0.15, -0.1) is 0 Å². The zero-order valence-corrected chi connectivity index (χ0v) is 10.1. The average Bonchev–Trinajstić information content (AvgIpc) is 2.14. The molecule has 0 saturated carbocycles. The lowest BCUT2D eigenvalue weighted by Gasteiger charge is -2.02. The molecule has 1 aromatic rings. The van der Waals surface area contributed by atoms with Crippen molar-refractivity contribution in [2.24, 2.45) is 0 Å². The number of rotatable bonds is 1. The van der Waals surface area contributed by atoms with Gasteiger partial charge in [0.2, 0.25) is 0 Å². The minimum absolute atomic E-state index is 0.761. The van der Waals surface area contributed by atoms with Crippen LogP contribution in [0.15, 0.2) is 16.6 Å². The lowest BCUT2D eigenvalue weighted by Crippen LogP contribution is -1.89. The highest BCUT2D eigenvalue weighted by Gasteiger charge is 2.00. The second-order valence-electron chi connectivity index (χ2n) is 2.55. The summed E-state index contributed by atoms with van der Waals surface area (Å²) >= 11 is 3.33. The first kappa shape index (κ1) is 12.4. The minimum atomic E-state index is 0.761. The first-order chi connectivity index (χ1) is 6.15. The Bertz CT molecular complexity index is 292. The Kier molecular flexibility index (Phi) is 5.63. The van der Waals surface area contributed by atoms with Crippen LogP contribution < -0.4 is 0 Å². The highest BCUT2D eigenvalue weighted by Crippen LogP contribution is 2.18. The van der Waals surface area contributed by atoms with Crippen molar-refractivity contribution in [1.29, 1.82) is 0 Å². The van der Waals surface area contributed by atoms with E-state index in [-0.39, 0.29) is 0 Å². The largest absolute Gasteiger partial charge is 0.298 e. The molecule has 0 aliphatic rings. The fraction of sp³-hybridized carbons (Fsp3) is 0.364. The van der Waals surface area contributed by atoms with Crippen molar-refractivity contribution in [3.63, 3.8) is 0 Å². The van der Waals surface area contributed by atoms with Gasteiger partial charge in [-0.1, -0.05) is 29.8 Å². The first-order valence-corrected chi connectivity index (χ1v) is 5.16. The van der Waals surface area contributed by atoms with Gasteiger partial charge >= 0.3 is 0 Å². The summed E-state index contributed by atoms with van der Waals surface area (Å²) in [5, 5.41) is 0. The van der Waals surface area contributed by atoms with Crippen LogP contribution in [0.3, 0.4) is 0 Å². The van der Waals surface area contributed by atoms with Crippen LogP contribution in [0.2, 0.25) is 0 Å². The van der Waals surface area contributed by atoms with Crippen molar-refractivity contribution in [3.8, 4) is 0 Å². The Balaban J connectivity index is 0.000000671. The zero-order chi connectivity index (χ0) is 10.4. The van der Waals surface area contributed by atoms with Crippen LogP contribution in [0, 0.1) is 13.8 Å². The normalized spacial score (nSPS) is 8.69. The number of benzene rings is 1. The molecule has 0 unspecified atom stereocenters. The topological polar surface area (TPSA) is 17.1 Å². The van der Waals surface area contributed by atoms with E-state index in [1.54, 1.807) is 0 Å². The highest BCUT2D eigenvalue weighted by molar-refractivity contribution is 9.10. The van der Waals surface area contributed by atoms with Gasteiger partial charge in [0.15, 0.2) is 0 Å². The smallest absolute Gasteiger partial charge is 0.150 e. The molecule has 0 amide bonds. The maximum absolute atomic E-state index is 10.5. The summed E-state index contributed by atoms with van der Waals surface area (Å²) in [6.07, 6.45) is 0.882. The Morgan fingerprint density at radius 2 is 1.77 bits per heavy atom. The van der Waals surface area contributed by atoms with Gasteiger partial charge in [0, 0.05) is 10.0 Å². The zero-order valence-electron chi connectivity index (χ0n) is 8.52. The number of aldehydes is 1. The maximum Gasteiger partial charge on any atom is 0.150 e. The second kappa shape index (κ2) is 5.92. The molecule has 72 valence electrons. The molecular formula is C11H15BrO. The molecule has 0 bridgehead atoms. The molecule has 0 fully saturated rings. The summed E-state index contributed by atoms with van der Waals surface area (Å²) in [6, 6.07) is 3.83. The summed E-state index contributed by atoms with van der Waals surface area (Å²) in [4.78, 5) is 10.5. The Labute approximate surface area is 88.3 Å². The average molecular weight is 243 g/mol. The summed E-state index contributed by atoms with van der Waals surface area (Å²) in [5.74, 6) is 0. The standard InChI is InChI=1S/C9H9BrO.C2H6/c1-6-3-9(10)4-8(5-11)7(6)2;1-2/h3-5H,1-2H3;1-2H3. The predicted molar refractivity (Wildman–Crippen MR) is 60.4 cm³/mol. The molecule has 0 atom stereocenters. The van der Waals surface area contributed by atoms with Crippen LogP contribution in [-0.2, 0) is 0 Å². The number of carbonyl (C=O) groups excluding carboxylic acids is 1. The number of halogens is 1. The molecule has 0 aromatic heterocycles. The van der Waals surface area contributed by atoms with Crippen LogP contribution in [0.25, 0.3) is 0 Å². The molecule has 0 spiro atoms. The van der Waals surface area contributed by atoms with E-state index in [0.717, 1.165) is 27.4 Å². The molecule has 13 heavy (non-hydrogen) atoms. The van der Waals surface area contributed by atoms with Crippen molar-refractivity contribution in [1.82, 2.24) is 0 Å². The Morgan fingerprint density at radius 1 is 1.23 bits per heavy atom. The van der Waals surface area contributed by atoms with Gasteiger partial charge in [-0.2, -0.15) is 0 Å². The fourth-order valence-corrected chi connectivity index (χ4v) is 1.55.